The van der Waals surface area contributed by atoms with Crippen molar-refractivity contribution in [3.8, 4) is 22.5 Å². The van der Waals surface area contributed by atoms with E-state index < -0.39 is 0 Å². The fraction of sp³-hybridized carbons (Fsp3) is 0.130. The Hall–Kier alpha value is -3.60. The number of nitrogens with zero attached hydrogens (tertiary/aromatic N) is 4. The third-order valence-electron chi connectivity index (χ3n) is 4.73. The summed E-state index contributed by atoms with van der Waals surface area (Å²) in [6.07, 6.45) is 0. The number of benzene rings is 3. The molecule has 0 unspecified atom stereocenters. The Bertz CT molecular complexity index is 1120. The van der Waals surface area contributed by atoms with Gasteiger partial charge in [0, 0.05) is 11.1 Å². The van der Waals surface area contributed by atoms with Crippen LogP contribution in [0.4, 0.5) is 0 Å². The van der Waals surface area contributed by atoms with Crippen molar-refractivity contribution in [2.75, 3.05) is 0 Å². The van der Waals surface area contributed by atoms with Gasteiger partial charge < -0.3 is 0 Å². The SMILES string of the molecule is CC(=O)c1ccc(-c2ccc(C)cc2-c2nnnn2Cc2ccccc2)cc1. The quantitative estimate of drug-likeness (QED) is 0.484. The Morgan fingerprint density at radius 3 is 2.39 bits per heavy atom. The lowest BCUT2D eigenvalue weighted by atomic mass is 9.96. The Balaban J connectivity index is 1.78. The number of hydrogen-bond donors (Lipinski definition) is 0. The average molecular weight is 368 g/mol. The van der Waals surface area contributed by atoms with Crippen molar-refractivity contribution in [2.45, 2.75) is 20.4 Å². The van der Waals surface area contributed by atoms with E-state index in [1.165, 1.54) is 0 Å². The monoisotopic (exact) mass is 368 g/mol. The molecule has 0 amide bonds. The number of carbonyl (C=O) groups excluding carboxylic acids is 1. The number of aryl methyl sites for hydroxylation is 1. The van der Waals surface area contributed by atoms with E-state index in [9.17, 15) is 4.79 Å². The summed E-state index contributed by atoms with van der Waals surface area (Å²) in [4.78, 5) is 11.6. The summed E-state index contributed by atoms with van der Waals surface area (Å²) in [6.45, 7) is 4.22. The van der Waals surface area contributed by atoms with Crippen LogP contribution in [0.25, 0.3) is 22.5 Å². The topological polar surface area (TPSA) is 60.7 Å². The van der Waals surface area contributed by atoms with Gasteiger partial charge in [0.25, 0.3) is 0 Å². The molecular formula is C23H20N4O. The normalized spacial score (nSPS) is 10.8. The molecule has 0 saturated carbocycles. The van der Waals surface area contributed by atoms with Gasteiger partial charge in [-0.15, -0.1) is 5.10 Å². The number of ketones is 1. The summed E-state index contributed by atoms with van der Waals surface area (Å²) in [6, 6.07) is 24.0. The molecule has 1 aromatic heterocycles. The zero-order valence-corrected chi connectivity index (χ0v) is 15.8. The van der Waals surface area contributed by atoms with Crippen molar-refractivity contribution in [3.63, 3.8) is 0 Å². The van der Waals surface area contributed by atoms with E-state index in [1.54, 1.807) is 6.92 Å². The molecule has 4 aromatic rings. The molecule has 0 saturated heterocycles. The molecule has 0 aliphatic rings. The van der Waals surface area contributed by atoms with E-state index in [-0.39, 0.29) is 5.78 Å². The Labute approximate surface area is 163 Å². The molecular weight excluding hydrogens is 348 g/mol. The van der Waals surface area contributed by atoms with Crippen LogP contribution in [-0.2, 0) is 6.54 Å². The minimum absolute atomic E-state index is 0.0579. The molecule has 0 N–H and O–H groups in total. The third kappa shape index (κ3) is 3.60. The van der Waals surface area contributed by atoms with E-state index in [2.05, 4.69) is 52.8 Å². The first-order valence-electron chi connectivity index (χ1n) is 9.14. The summed E-state index contributed by atoms with van der Waals surface area (Å²) in [5, 5.41) is 12.4. The number of tetrazole rings is 1. The lowest BCUT2D eigenvalue weighted by Crippen LogP contribution is -2.05. The Morgan fingerprint density at radius 2 is 1.68 bits per heavy atom. The van der Waals surface area contributed by atoms with E-state index in [0.29, 0.717) is 12.1 Å². The molecule has 1 heterocycles. The summed E-state index contributed by atoms with van der Waals surface area (Å²) in [5.41, 5.74) is 5.99. The second-order valence-corrected chi connectivity index (χ2v) is 6.83. The van der Waals surface area contributed by atoms with Crippen molar-refractivity contribution < 1.29 is 4.79 Å². The smallest absolute Gasteiger partial charge is 0.182 e. The molecule has 28 heavy (non-hydrogen) atoms. The van der Waals surface area contributed by atoms with Crippen LogP contribution in [0.5, 0.6) is 0 Å². The van der Waals surface area contributed by atoms with Gasteiger partial charge in [-0.25, -0.2) is 4.68 Å². The van der Waals surface area contributed by atoms with Crippen LogP contribution in [0, 0.1) is 6.92 Å². The maximum Gasteiger partial charge on any atom is 0.182 e. The number of aromatic nitrogens is 4. The summed E-state index contributed by atoms with van der Waals surface area (Å²) in [7, 11) is 0. The molecule has 4 rings (SSSR count). The van der Waals surface area contributed by atoms with Gasteiger partial charge in [-0.05, 0) is 47.0 Å². The highest BCUT2D eigenvalue weighted by Crippen LogP contribution is 2.32. The largest absolute Gasteiger partial charge is 0.295 e. The van der Waals surface area contributed by atoms with Crippen LogP contribution in [0.3, 0.4) is 0 Å². The van der Waals surface area contributed by atoms with E-state index in [1.807, 2.05) is 47.1 Å². The highest BCUT2D eigenvalue weighted by atomic mass is 16.1. The van der Waals surface area contributed by atoms with Gasteiger partial charge in [0.2, 0.25) is 0 Å². The van der Waals surface area contributed by atoms with E-state index >= 15 is 0 Å². The van der Waals surface area contributed by atoms with Crippen LogP contribution in [0.2, 0.25) is 0 Å². The summed E-state index contributed by atoms with van der Waals surface area (Å²) >= 11 is 0. The predicted octanol–water partition coefficient (Wildman–Crippen LogP) is 4.57. The third-order valence-corrected chi connectivity index (χ3v) is 4.73. The minimum Gasteiger partial charge on any atom is -0.295 e. The van der Waals surface area contributed by atoms with Crippen LogP contribution in [0.15, 0.2) is 72.8 Å². The number of Topliss-reactive ketones (excluding diaryl/α,β-unsaturated/α-hetero) is 1. The molecule has 138 valence electrons. The molecule has 0 radical (unpaired) electrons. The highest BCUT2D eigenvalue weighted by molar-refractivity contribution is 5.94. The molecule has 0 spiro atoms. The Morgan fingerprint density at radius 1 is 0.929 bits per heavy atom. The number of hydrogen-bond acceptors (Lipinski definition) is 4. The maximum atomic E-state index is 11.6. The lowest BCUT2D eigenvalue weighted by Gasteiger charge is -2.12. The van der Waals surface area contributed by atoms with Gasteiger partial charge in [0.1, 0.15) is 0 Å². The first kappa shape index (κ1) is 17.8. The molecule has 0 bridgehead atoms. The summed E-state index contributed by atoms with van der Waals surface area (Å²) in [5.74, 6) is 0.778. The minimum atomic E-state index is 0.0579. The zero-order chi connectivity index (χ0) is 19.5. The van der Waals surface area contributed by atoms with Gasteiger partial charge in [-0.2, -0.15) is 0 Å². The van der Waals surface area contributed by atoms with E-state index in [0.717, 1.165) is 33.6 Å². The highest BCUT2D eigenvalue weighted by Gasteiger charge is 2.15. The zero-order valence-electron chi connectivity index (χ0n) is 15.8. The Kier molecular flexibility index (Phi) is 4.81. The molecule has 5 heteroatoms. The van der Waals surface area contributed by atoms with Crippen LogP contribution in [0.1, 0.15) is 28.4 Å². The standard InChI is InChI=1S/C23H20N4O/c1-16-8-13-21(20-11-9-19(10-12-20)17(2)28)22(14-16)23-24-25-26-27(23)15-18-6-4-3-5-7-18/h3-14H,15H2,1-2H3. The molecule has 0 aliphatic heterocycles. The second-order valence-electron chi connectivity index (χ2n) is 6.83. The summed E-state index contributed by atoms with van der Waals surface area (Å²) < 4.78 is 1.82. The van der Waals surface area contributed by atoms with Crippen LogP contribution >= 0.6 is 0 Å². The van der Waals surface area contributed by atoms with Crippen molar-refractivity contribution in [1.29, 1.82) is 0 Å². The van der Waals surface area contributed by atoms with Crippen molar-refractivity contribution in [3.05, 3.63) is 89.5 Å². The molecule has 0 fully saturated rings. The second kappa shape index (κ2) is 7.56. The number of carbonyl (C=O) groups is 1. The predicted molar refractivity (Wildman–Crippen MR) is 109 cm³/mol. The van der Waals surface area contributed by atoms with Crippen molar-refractivity contribution >= 4 is 5.78 Å². The van der Waals surface area contributed by atoms with Gasteiger partial charge in [-0.3, -0.25) is 4.79 Å². The molecule has 3 aromatic carbocycles. The number of rotatable bonds is 5. The van der Waals surface area contributed by atoms with Gasteiger partial charge >= 0.3 is 0 Å². The van der Waals surface area contributed by atoms with Gasteiger partial charge in [-0.1, -0.05) is 72.3 Å². The van der Waals surface area contributed by atoms with E-state index in [4.69, 9.17) is 0 Å². The fourth-order valence-electron chi connectivity index (χ4n) is 3.24. The van der Waals surface area contributed by atoms with Crippen molar-refractivity contribution in [2.24, 2.45) is 0 Å². The van der Waals surface area contributed by atoms with Crippen molar-refractivity contribution in [1.82, 2.24) is 20.2 Å². The maximum absolute atomic E-state index is 11.6. The fourth-order valence-corrected chi connectivity index (χ4v) is 3.24. The molecule has 0 aliphatic carbocycles. The van der Waals surface area contributed by atoms with Crippen LogP contribution in [-0.4, -0.2) is 26.0 Å². The lowest BCUT2D eigenvalue weighted by molar-refractivity contribution is 0.101. The molecule has 0 atom stereocenters. The first-order chi connectivity index (χ1) is 13.6. The van der Waals surface area contributed by atoms with Gasteiger partial charge in [0.15, 0.2) is 11.6 Å². The average Bonchev–Trinajstić information content (AvgIpc) is 3.17. The molecule has 5 nitrogen and oxygen atoms in total. The van der Waals surface area contributed by atoms with Crippen LogP contribution < -0.4 is 0 Å². The first-order valence-corrected chi connectivity index (χ1v) is 9.14. The van der Waals surface area contributed by atoms with Gasteiger partial charge in [0.05, 0.1) is 6.54 Å².